The number of tetrazole rings is 1. The van der Waals surface area contributed by atoms with Crippen molar-refractivity contribution in [2.45, 2.75) is 0 Å². The molecule has 0 fully saturated rings. The first kappa shape index (κ1) is 8.35. The van der Waals surface area contributed by atoms with Crippen molar-refractivity contribution in [2.24, 2.45) is 7.05 Å². The Bertz CT molecular complexity index is 470. The number of carbonyl (C=O) groups is 1. The quantitative estimate of drug-likeness (QED) is 0.575. The van der Waals surface area contributed by atoms with Crippen LogP contribution in [0.5, 0.6) is 0 Å². The zero-order valence-electron chi connectivity index (χ0n) is 7.30. The molecule has 2 aromatic heterocycles. The fraction of sp³-hybridized carbons (Fsp3) is 0.167. The van der Waals surface area contributed by atoms with Gasteiger partial charge in [0, 0.05) is 0 Å². The number of carbonyl (C=O) groups excluding carboxylic acids is 1. The Morgan fingerprint density at radius 1 is 1.64 bits per heavy atom. The van der Waals surface area contributed by atoms with Crippen molar-refractivity contribution in [3.63, 3.8) is 0 Å². The molecule has 0 aliphatic heterocycles. The number of nitrogen functional groups attached to an aromatic ring is 1. The third-order valence-corrected chi connectivity index (χ3v) is 1.62. The highest BCUT2D eigenvalue weighted by Crippen LogP contribution is 2.09. The molecule has 2 rings (SSSR count). The molecule has 3 N–H and O–H groups in total. The fourth-order valence-electron chi connectivity index (χ4n) is 0.973. The molecule has 8 heteroatoms. The van der Waals surface area contributed by atoms with Gasteiger partial charge in [-0.15, -0.1) is 10.2 Å². The largest absolute Gasteiger partial charge is 0.383 e. The number of aromatic amines is 1. The summed E-state index contributed by atoms with van der Waals surface area (Å²) < 4.78 is 0. The highest BCUT2D eigenvalue weighted by molar-refractivity contribution is 6.08. The molecule has 2 aromatic rings. The monoisotopic (exact) mass is 193 g/mol. The smallest absolute Gasteiger partial charge is 0.245 e. The topological polar surface area (TPSA) is 115 Å². The lowest BCUT2D eigenvalue weighted by atomic mass is 10.2. The average molecular weight is 193 g/mol. The second kappa shape index (κ2) is 2.91. The van der Waals surface area contributed by atoms with Gasteiger partial charge in [-0.25, -0.2) is 0 Å². The van der Waals surface area contributed by atoms with Gasteiger partial charge in [0.15, 0.2) is 0 Å². The second-order valence-corrected chi connectivity index (χ2v) is 2.63. The van der Waals surface area contributed by atoms with Gasteiger partial charge in [-0.05, 0) is 5.21 Å². The fourth-order valence-corrected chi connectivity index (χ4v) is 0.973. The molecule has 0 spiro atoms. The lowest BCUT2D eigenvalue weighted by Gasteiger charge is -1.90. The maximum Gasteiger partial charge on any atom is 0.245 e. The minimum atomic E-state index is -0.399. The summed E-state index contributed by atoms with van der Waals surface area (Å²) in [4.78, 5) is 12.8. The van der Waals surface area contributed by atoms with Gasteiger partial charge < -0.3 is 5.73 Å². The highest BCUT2D eigenvalue weighted by Gasteiger charge is 2.18. The molecule has 0 saturated carbocycles. The van der Waals surface area contributed by atoms with Crippen molar-refractivity contribution in [3.05, 3.63) is 17.6 Å². The van der Waals surface area contributed by atoms with Gasteiger partial charge in [0.25, 0.3) is 0 Å². The molecule has 8 nitrogen and oxygen atoms in total. The van der Waals surface area contributed by atoms with Crippen LogP contribution in [0.2, 0.25) is 0 Å². The first-order chi connectivity index (χ1) is 6.68. The number of H-pyrrole nitrogens is 1. The van der Waals surface area contributed by atoms with Crippen LogP contribution in [0.1, 0.15) is 16.2 Å². The van der Waals surface area contributed by atoms with Crippen LogP contribution in [0, 0.1) is 0 Å². The van der Waals surface area contributed by atoms with Crippen LogP contribution in [-0.2, 0) is 7.05 Å². The molecule has 0 atom stereocenters. The van der Waals surface area contributed by atoms with Gasteiger partial charge in [-0.2, -0.15) is 9.90 Å². The summed E-state index contributed by atoms with van der Waals surface area (Å²) in [5.74, 6) is -0.201. The van der Waals surface area contributed by atoms with Crippen molar-refractivity contribution in [1.29, 1.82) is 0 Å². The van der Waals surface area contributed by atoms with E-state index in [0.717, 1.165) is 0 Å². The molecule has 0 saturated heterocycles. The average Bonchev–Trinajstić information content (AvgIpc) is 2.73. The lowest BCUT2D eigenvalue weighted by Crippen LogP contribution is -2.06. The SMILES string of the molecule is Cn1nnc(C(=O)c2cn[nH]c2N)n1. The molecule has 0 amide bonds. The molecule has 0 aliphatic rings. The molecule has 0 aromatic carbocycles. The molecule has 0 unspecified atom stereocenters. The van der Waals surface area contributed by atoms with Gasteiger partial charge in [-0.1, -0.05) is 0 Å². The number of aromatic nitrogens is 6. The zero-order valence-corrected chi connectivity index (χ0v) is 7.30. The summed E-state index contributed by atoms with van der Waals surface area (Å²) in [5.41, 5.74) is 5.71. The molecular formula is C6H7N7O. The van der Waals surface area contributed by atoms with Gasteiger partial charge >= 0.3 is 0 Å². The number of hydrogen-bond donors (Lipinski definition) is 2. The molecule has 0 aliphatic carbocycles. The Morgan fingerprint density at radius 3 is 2.93 bits per heavy atom. The number of hydrogen-bond acceptors (Lipinski definition) is 6. The van der Waals surface area contributed by atoms with Crippen molar-refractivity contribution in [1.82, 2.24) is 30.4 Å². The number of aryl methyl sites for hydroxylation is 1. The van der Waals surface area contributed by atoms with Crippen LogP contribution in [0.4, 0.5) is 5.82 Å². The van der Waals surface area contributed by atoms with Crippen LogP contribution < -0.4 is 5.73 Å². The van der Waals surface area contributed by atoms with Crippen molar-refractivity contribution in [3.8, 4) is 0 Å². The Kier molecular flexibility index (Phi) is 1.73. The maximum atomic E-state index is 11.6. The summed E-state index contributed by atoms with van der Waals surface area (Å²) in [5, 5.41) is 16.9. The minimum absolute atomic E-state index is 0.000556. The summed E-state index contributed by atoms with van der Waals surface area (Å²) in [6.45, 7) is 0. The standard InChI is InChI=1S/C6H7N7O/c1-13-11-6(10-12-13)4(14)3-2-8-9-5(3)7/h2H,1H3,(H3,7,8,9). The Morgan fingerprint density at radius 2 is 2.43 bits per heavy atom. The highest BCUT2D eigenvalue weighted by atomic mass is 16.1. The number of nitrogens with one attached hydrogen (secondary N) is 1. The van der Waals surface area contributed by atoms with Gasteiger partial charge in [0.1, 0.15) is 5.82 Å². The van der Waals surface area contributed by atoms with E-state index in [0.29, 0.717) is 0 Å². The zero-order chi connectivity index (χ0) is 10.1. The number of ketones is 1. The number of anilines is 1. The molecular weight excluding hydrogens is 186 g/mol. The van der Waals surface area contributed by atoms with E-state index in [1.54, 1.807) is 7.05 Å². The van der Waals surface area contributed by atoms with E-state index in [4.69, 9.17) is 5.73 Å². The summed E-state index contributed by atoms with van der Waals surface area (Å²) in [6.07, 6.45) is 1.33. The van der Waals surface area contributed by atoms with E-state index in [1.165, 1.54) is 11.0 Å². The predicted molar refractivity (Wildman–Crippen MR) is 45.2 cm³/mol. The van der Waals surface area contributed by atoms with Crippen molar-refractivity contribution < 1.29 is 4.79 Å². The number of nitrogens with two attached hydrogens (primary N) is 1. The van der Waals surface area contributed by atoms with Crippen LogP contribution in [0.25, 0.3) is 0 Å². The third-order valence-electron chi connectivity index (χ3n) is 1.62. The number of rotatable bonds is 2. The maximum absolute atomic E-state index is 11.6. The van der Waals surface area contributed by atoms with Crippen LogP contribution >= 0.6 is 0 Å². The summed E-state index contributed by atoms with van der Waals surface area (Å²) >= 11 is 0. The van der Waals surface area contributed by atoms with Gasteiger partial charge in [-0.3, -0.25) is 9.89 Å². The Balaban J connectivity index is 2.38. The van der Waals surface area contributed by atoms with E-state index in [1.807, 2.05) is 0 Å². The summed E-state index contributed by atoms with van der Waals surface area (Å²) in [7, 11) is 1.57. The van der Waals surface area contributed by atoms with E-state index >= 15 is 0 Å². The number of nitrogens with zero attached hydrogens (tertiary/aromatic N) is 5. The van der Waals surface area contributed by atoms with Crippen LogP contribution in [0.3, 0.4) is 0 Å². The lowest BCUT2D eigenvalue weighted by molar-refractivity contribution is 0.103. The van der Waals surface area contributed by atoms with Crippen LogP contribution in [-0.4, -0.2) is 36.2 Å². The summed E-state index contributed by atoms with van der Waals surface area (Å²) in [6, 6.07) is 0. The van der Waals surface area contributed by atoms with E-state index in [2.05, 4.69) is 25.6 Å². The van der Waals surface area contributed by atoms with Crippen LogP contribution in [0.15, 0.2) is 6.20 Å². The van der Waals surface area contributed by atoms with Gasteiger partial charge in [0.2, 0.25) is 11.6 Å². The van der Waals surface area contributed by atoms with Crippen molar-refractivity contribution >= 4 is 11.6 Å². The van der Waals surface area contributed by atoms with Gasteiger partial charge in [0.05, 0.1) is 18.8 Å². The third kappa shape index (κ3) is 1.22. The van der Waals surface area contributed by atoms with Crippen molar-refractivity contribution in [2.75, 3.05) is 5.73 Å². The van der Waals surface area contributed by atoms with E-state index in [9.17, 15) is 4.79 Å². The first-order valence-electron chi connectivity index (χ1n) is 3.76. The minimum Gasteiger partial charge on any atom is -0.383 e. The molecule has 72 valence electrons. The molecule has 2 heterocycles. The first-order valence-corrected chi connectivity index (χ1v) is 3.76. The molecule has 0 bridgehead atoms. The van der Waals surface area contributed by atoms with E-state index in [-0.39, 0.29) is 17.2 Å². The second-order valence-electron chi connectivity index (χ2n) is 2.63. The Labute approximate surface area is 78.1 Å². The normalized spacial score (nSPS) is 10.4. The Hall–Kier alpha value is -2.25. The molecule has 0 radical (unpaired) electrons. The predicted octanol–water partition coefficient (Wildman–Crippen LogP) is -1.25. The van der Waals surface area contributed by atoms with E-state index < -0.39 is 5.78 Å². The molecule has 14 heavy (non-hydrogen) atoms.